The molecule has 0 saturated heterocycles. The molecule has 0 spiro atoms. The number of carbonyl (C=O) groups is 1. The SMILES string of the molecule is C[C@@H](CN)NC(=O)c1cc(C2CC2)nc2onc(CC(C)(C)C)c12.Cl. The molecule has 1 aliphatic rings. The van der Waals surface area contributed by atoms with Crippen LogP contribution in [0.4, 0.5) is 0 Å². The number of hydrogen-bond donors (Lipinski definition) is 2. The van der Waals surface area contributed by atoms with Gasteiger partial charge in [0.25, 0.3) is 11.6 Å². The maximum absolute atomic E-state index is 12.8. The minimum atomic E-state index is -0.138. The van der Waals surface area contributed by atoms with Crippen molar-refractivity contribution in [2.75, 3.05) is 6.54 Å². The van der Waals surface area contributed by atoms with E-state index in [1.165, 1.54) is 0 Å². The summed E-state index contributed by atoms with van der Waals surface area (Å²) in [5.74, 6) is 0.296. The van der Waals surface area contributed by atoms with Crippen LogP contribution in [0, 0.1) is 5.41 Å². The van der Waals surface area contributed by atoms with Gasteiger partial charge in [-0.05, 0) is 37.7 Å². The number of pyridine rings is 1. The predicted octanol–water partition coefficient (Wildman–Crippen LogP) is 3.19. The van der Waals surface area contributed by atoms with Crippen molar-refractivity contribution in [2.45, 2.75) is 58.9 Å². The fraction of sp³-hybridized carbons (Fsp3) is 0.611. The molecule has 138 valence electrons. The third-order valence-electron chi connectivity index (χ3n) is 4.21. The molecule has 0 bridgehead atoms. The molecule has 25 heavy (non-hydrogen) atoms. The number of carbonyl (C=O) groups excluding carboxylic acids is 1. The Balaban J connectivity index is 0.00000225. The van der Waals surface area contributed by atoms with E-state index in [0.29, 0.717) is 23.7 Å². The van der Waals surface area contributed by atoms with Crippen molar-refractivity contribution in [3.05, 3.63) is 23.0 Å². The number of fused-ring (bicyclic) bond motifs is 1. The highest BCUT2D eigenvalue weighted by Gasteiger charge is 2.30. The Hall–Kier alpha value is -1.66. The molecule has 1 atom stereocenters. The Kier molecular flexibility index (Phi) is 5.74. The molecule has 2 heterocycles. The molecular weight excluding hydrogens is 340 g/mol. The summed E-state index contributed by atoms with van der Waals surface area (Å²) in [6.45, 7) is 8.69. The summed E-state index contributed by atoms with van der Waals surface area (Å²) in [5.41, 5.74) is 8.45. The number of nitrogens with one attached hydrogen (secondary N) is 1. The zero-order valence-electron chi connectivity index (χ0n) is 15.3. The van der Waals surface area contributed by atoms with Gasteiger partial charge in [0.15, 0.2) is 0 Å². The zero-order chi connectivity index (χ0) is 17.5. The molecule has 3 N–H and O–H groups in total. The maximum Gasteiger partial charge on any atom is 0.259 e. The molecule has 7 heteroatoms. The van der Waals surface area contributed by atoms with Crippen molar-refractivity contribution in [3.63, 3.8) is 0 Å². The van der Waals surface area contributed by atoms with Gasteiger partial charge in [-0.2, -0.15) is 0 Å². The van der Waals surface area contributed by atoms with Crippen molar-refractivity contribution in [2.24, 2.45) is 11.1 Å². The average Bonchev–Trinajstić information content (AvgIpc) is 3.28. The highest BCUT2D eigenvalue weighted by Crippen LogP contribution is 2.40. The molecule has 0 aromatic carbocycles. The van der Waals surface area contributed by atoms with E-state index in [4.69, 9.17) is 10.3 Å². The monoisotopic (exact) mass is 366 g/mol. The lowest BCUT2D eigenvalue weighted by atomic mass is 9.89. The first-order valence-corrected chi connectivity index (χ1v) is 8.58. The van der Waals surface area contributed by atoms with E-state index >= 15 is 0 Å². The van der Waals surface area contributed by atoms with Gasteiger partial charge >= 0.3 is 0 Å². The standard InChI is InChI=1S/C18H26N4O2.ClH/c1-10(9-19)20-16(23)12-7-13(11-5-6-11)21-17-15(12)14(22-24-17)8-18(2,3)4;/h7,10-11H,5-6,8-9,19H2,1-4H3,(H,20,23);1H/t10-;/m0./s1. The van der Waals surface area contributed by atoms with Gasteiger partial charge in [0.2, 0.25) is 0 Å². The van der Waals surface area contributed by atoms with Crippen LogP contribution in [-0.4, -0.2) is 28.6 Å². The number of nitrogens with zero attached hydrogens (tertiary/aromatic N) is 2. The molecule has 1 amide bonds. The van der Waals surface area contributed by atoms with Crippen LogP contribution in [-0.2, 0) is 6.42 Å². The summed E-state index contributed by atoms with van der Waals surface area (Å²) in [5, 5.41) is 7.88. The maximum atomic E-state index is 12.8. The fourth-order valence-corrected chi connectivity index (χ4v) is 2.78. The number of halogens is 1. The minimum Gasteiger partial charge on any atom is -0.348 e. The van der Waals surface area contributed by atoms with Crippen LogP contribution in [0.5, 0.6) is 0 Å². The van der Waals surface area contributed by atoms with Gasteiger partial charge in [-0.25, -0.2) is 4.98 Å². The van der Waals surface area contributed by atoms with Gasteiger partial charge in [-0.3, -0.25) is 4.79 Å². The van der Waals surface area contributed by atoms with Gasteiger partial charge < -0.3 is 15.6 Å². The van der Waals surface area contributed by atoms with Crippen molar-refractivity contribution < 1.29 is 9.32 Å². The normalized spacial score (nSPS) is 15.7. The third kappa shape index (κ3) is 4.50. The smallest absolute Gasteiger partial charge is 0.259 e. The lowest BCUT2D eigenvalue weighted by molar-refractivity contribution is 0.0942. The molecule has 2 aromatic heterocycles. The molecule has 1 fully saturated rings. The van der Waals surface area contributed by atoms with Crippen molar-refractivity contribution >= 4 is 29.4 Å². The number of aromatic nitrogens is 2. The number of hydrogen-bond acceptors (Lipinski definition) is 5. The highest BCUT2D eigenvalue weighted by atomic mass is 35.5. The van der Waals surface area contributed by atoms with Gasteiger partial charge in [-0.15, -0.1) is 12.4 Å². The number of amides is 1. The van der Waals surface area contributed by atoms with Crippen LogP contribution >= 0.6 is 12.4 Å². The lowest BCUT2D eigenvalue weighted by Gasteiger charge is -2.17. The first-order valence-electron chi connectivity index (χ1n) is 8.58. The minimum absolute atomic E-state index is 0. The second kappa shape index (κ2) is 7.30. The molecule has 0 radical (unpaired) electrons. The lowest BCUT2D eigenvalue weighted by Crippen LogP contribution is -2.38. The third-order valence-corrected chi connectivity index (χ3v) is 4.21. The van der Waals surface area contributed by atoms with E-state index in [1.807, 2.05) is 13.0 Å². The predicted molar refractivity (Wildman–Crippen MR) is 100 cm³/mol. The van der Waals surface area contributed by atoms with E-state index in [2.05, 4.69) is 36.2 Å². The van der Waals surface area contributed by atoms with Crippen LogP contribution in [0.25, 0.3) is 11.1 Å². The van der Waals surface area contributed by atoms with Gasteiger partial charge in [0.05, 0.1) is 16.6 Å². The highest BCUT2D eigenvalue weighted by molar-refractivity contribution is 6.06. The summed E-state index contributed by atoms with van der Waals surface area (Å²) >= 11 is 0. The van der Waals surface area contributed by atoms with Crippen LogP contribution in [0.3, 0.4) is 0 Å². The fourth-order valence-electron chi connectivity index (χ4n) is 2.78. The van der Waals surface area contributed by atoms with E-state index in [9.17, 15) is 4.79 Å². The van der Waals surface area contributed by atoms with Crippen LogP contribution in [0.2, 0.25) is 0 Å². The summed E-state index contributed by atoms with van der Waals surface area (Å²) in [4.78, 5) is 17.4. The average molecular weight is 367 g/mol. The molecular formula is C18H27ClN4O2. The van der Waals surface area contributed by atoms with Crippen LogP contribution < -0.4 is 11.1 Å². The second-order valence-corrected chi connectivity index (χ2v) is 8.03. The van der Waals surface area contributed by atoms with Crippen molar-refractivity contribution in [1.29, 1.82) is 0 Å². The number of rotatable bonds is 5. The van der Waals surface area contributed by atoms with E-state index in [1.54, 1.807) is 0 Å². The van der Waals surface area contributed by atoms with E-state index < -0.39 is 0 Å². The first kappa shape index (κ1) is 19.7. The number of nitrogens with two attached hydrogens (primary N) is 1. The Labute approximate surface area is 154 Å². The molecule has 0 unspecified atom stereocenters. The van der Waals surface area contributed by atoms with Crippen LogP contribution in [0.1, 0.15) is 68.2 Å². The van der Waals surface area contributed by atoms with Gasteiger partial charge in [0.1, 0.15) is 0 Å². The van der Waals surface area contributed by atoms with Crippen molar-refractivity contribution in [1.82, 2.24) is 15.5 Å². The molecule has 2 aromatic rings. The Bertz CT molecular complexity index is 762. The first-order chi connectivity index (χ1) is 11.3. The quantitative estimate of drug-likeness (QED) is 0.847. The van der Waals surface area contributed by atoms with Gasteiger partial charge in [0, 0.05) is 24.2 Å². The van der Waals surface area contributed by atoms with E-state index in [-0.39, 0.29) is 29.8 Å². The Morgan fingerprint density at radius 2 is 2.12 bits per heavy atom. The molecule has 6 nitrogen and oxygen atoms in total. The van der Waals surface area contributed by atoms with E-state index in [0.717, 1.165) is 36.0 Å². The van der Waals surface area contributed by atoms with Crippen LogP contribution in [0.15, 0.2) is 10.6 Å². The summed E-state index contributed by atoms with van der Waals surface area (Å²) in [6, 6.07) is 1.82. The summed E-state index contributed by atoms with van der Waals surface area (Å²) in [7, 11) is 0. The molecule has 0 aliphatic heterocycles. The molecule has 3 rings (SSSR count). The second-order valence-electron chi connectivity index (χ2n) is 8.03. The Morgan fingerprint density at radius 3 is 2.68 bits per heavy atom. The Morgan fingerprint density at radius 1 is 1.44 bits per heavy atom. The molecule has 1 saturated carbocycles. The topological polar surface area (TPSA) is 94.0 Å². The summed E-state index contributed by atoms with van der Waals surface area (Å²) < 4.78 is 5.47. The summed E-state index contributed by atoms with van der Waals surface area (Å²) in [6.07, 6.45) is 2.95. The molecule has 1 aliphatic carbocycles. The van der Waals surface area contributed by atoms with Crippen molar-refractivity contribution in [3.8, 4) is 0 Å². The largest absolute Gasteiger partial charge is 0.348 e. The zero-order valence-corrected chi connectivity index (χ0v) is 16.1. The van der Waals surface area contributed by atoms with Gasteiger partial charge in [-0.1, -0.05) is 25.9 Å².